The lowest BCUT2D eigenvalue weighted by atomic mass is 10.2. The van der Waals surface area contributed by atoms with Crippen LogP contribution in [0.2, 0.25) is 0 Å². The molecule has 2 aromatic rings. The largest absolute Gasteiger partial charge is 0.278 e. The van der Waals surface area contributed by atoms with Crippen LogP contribution in [0.3, 0.4) is 0 Å². The molecule has 0 amide bonds. The summed E-state index contributed by atoms with van der Waals surface area (Å²) in [5.74, 6) is 0. The molecule has 3 nitrogen and oxygen atoms in total. The summed E-state index contributed by atoms with van der Waals surface area (Å²) in [7, 11) is 0. The number of hydrogen-bond donors (Lipinski definition) is 1. The number of halogens is 1. The summed E-state index contributed by atoms with van der Waals surface area (Å²) in [6.45, 7) is 0. The zero-order valence-electron chi connectivity index (χ0n) is 6.11. The van der Waals surface area contributed by atoms with Gasteiger partial charge in [0.2, 0.25) is 0 Å². The Kier molecular flexibility index (Phi) is 2.32. The van der Waals surface area contributed by atoms with E-state index in [-0.39, 0.29) is 12.4 Å². The van der Waals surface area contributed by atoms with E-state index in [4.69, 9.17) is 5.26 Å². The molecule has 1 aromatic carbocycles. The van der Waals surface area contributed by atoms with Crippen LogP contribution in [0.15, 0.2) is 24.4 Å². The van der Waals surface area contributed by atoms with Crippen molar-refractivity contribution in [2.24, 2.45) is 0 Å². The second kappa shape index (κ2) is 3.24. The Bertz CT molecular complexity index is 427. The predicted molar refractivity (Wildman–Crippen MR) is 48.1 cm³/mol. The van der Waals surface area contributed by atoms with Crippen molar-refractivity contribution in [3.05, 3.63) is 30.0 Å². The van der Waals surface area contributed by atoms with Gasteiger partial charge in [-0.15, -0.1) is 12.4 Å². The predicted octanol–water partition coefficient (Wildman–Crippen LogP) is 1.86. The first-order valence-electron chi connectivity index (χ1n) is 3.23. The summed E-state index contributed by atoms with van der Waals surface area (Å²) >= 11 is 0. The van der Waals surface area contributed by atoms with Crippen molar-refractivity contribution in [1.29, 1.82) is 5.26 Å². The van der Waals surface area contributed by atoms with Gasteiger partial charge >= 0.3 is 0 Å². The number of aromatic nitrogens is 2. The van der Waals surface area contributed by atoms with Gasteiger partial charge in [-0.3, -0.25) is 5.10 Å². The molecule has 60 valence electrons. The average molecular weight is 180 g/mol. The second-order valence-electron chi connectivity index (χ2n) is 2.28. The van der Waals surface area contributed by atoms with E-state index in [1.165, 1.54) is 0 Å². The Morgan fingerprint density at radius 2 is 2.25 bits per heavy atom. The highest BCUT2D eigenvalue weighted by Gasteiger charge is 1.95. The van der Waals surface area contributed by atoms with Crippen LogP contribution in [0.4, 0.5) is 0 Å². The molecule has 0 radical (unpaired) electrons. The van der Waals surface area contributed by atoms with Crippen molar-refractivity contribution in [2.75, 3.05) is 0 Å². The molecule has 0 saturated heterocycles. The molecule has 0 spiro atoms. The third-order valence-corrected chi connectivity index (χ3v) is 1.57. The second-order valence-corrected chi connectivity index (χ2v) is 2.28. The third-order valence-electron chi connectivity index (χ3n) is 1.57. The maximum atomic E-state index is 8.55. The number of aromatic amines is 1. The van der Waals surface area contributed by atoms with E-state index in [1.54, 1.807) is 18.3 Å². The van der Waals surface area contributed by atoms with Crippen LogP contribution in [0.25, 0.3) is 10.9 Å². The minimum Gasteiger partial charge on any atom is -0.278 e. The zero-order valence-corrected chi connectivity index (χ0v) is 6.93. The van der Waals surface area contributed by atoms with Gasteiger partial charge in [-0.1, -0.05) is 0 Å². The zero-order chi connectivity index (χ0) is 7.68. The van der Waals surface area contributed by atoms with Crippen molar-refractivity contribution in [3.63, 3.8) is 0 Å². The fraction of sp³-hybridized carbons (Fsp3) is 0. The summed E-state index contributed by atoms with van der Waals surface area (Å²) in [4.78, 5) is 0. The summed E-state index contributed by atoms with van der Waals surface area (Å²) in [6, 6.07) is 7.49. The fourth-order valence-corrected chi connectivity index (χ4v) is 1.01. The quantitative estimate of drug-likeness (QED) is 0.671. The Labute approximate surface area is 75.4 Å². The molecule has 0 atom stereocenters. The van der Waals surface area contributed by atoms with Crippen LogP contribution >= 0.6 is 12.4 Å². The topological polar surface area (TPSA) is 52.5 Å². The molecule has 0 aliphatic heterocycles. The van der Waals surface area contributed by atoms with Gasteiger partial charge in [0.05, 0.1) is 23.3 Å². The van der Waals surface area contributed by atoms with Gasteiger partial charge < -0.3 is 0 Å². The van der Waals surface area contributed by atoms with Crippen molar-refractivity contribution in [2.45, 2.75) is 0 Å². The van der Waals surface area contributed by atoms with Gasteiger partial charge in [-0.2, -0.15) is 10.4 Å². The molecular formula is C8H6ClN3. The molecular weight excluding hydrogens is 174 g/mol. The standard InChI is InChI=1S/C8H5N3.ClH/c9-4-6-1-2-7-5-10-11-8(7)3-6;/h1-3,5H,(H,10,11);1H. The number of H-pyrrole nitrogens is 1. The van der Waals surface area contributed by atoms with Crippen LogP contribution in [0.5, 0.6) is 0 Å². The Morgan fingerprint density at radius 1 is 1.42 bits per heavy atom. The van der Waals surface area contributed by atoms with Crippen LogP contribution in [-0.2, 0) is 0 Å². The summed E-state index contributed by atoms with van der Waals surface area (Å²) in [5.41, 5.74) is 1.56. The van der Waals surface area contributed by atoms with Gasteiger partial charge in [-0.25, -0.2) is 0 Å². The minimum absolute atomic E-state index is 0. The highest BCUT2D eigenvalue weighted by atomic mass is 35.5. The van der Waals surface area contributed by atoms with Gasteiger partial charge in [0.1, 0.15) is 0 Å². The normalized spacial score (nSPS) is 8.92. The molecule has 1 N–H and O–H groups in total. The molecule has 1 heterocycles. The molecule has 1 aromatic heterocycles. The van der Waals surface area contributed by atoms with Crippen LogP contribution in [0.1, 0.15) is 5.56 Å². The van der Waals surface area contributed by atoms with Gasteiger partial charge in [0, 0.05) is 5.39 Å². The first kappa shape index (κ1) is 8.57. The number of fused-ring (bicyclic) bond motifs is 1. The Hall–Kier alpha value is -1.53. The number of nitriles is 1. The number of nitrogens with zero attached hydrogens (tertiary/aromatic N) is 2. The third kappa shape index (κ3) is 1.25. The molecule has 0 unspecified atom stereocenters. The highest BCUT2D eigenvalue weighted by Crippen LogP contribution is 2.11. The van der Waals surface area contributed by atoms with Crippen LogP contribution in [0, 0.1) is 11.3 Å². The Balaban J connectivity index is 0.000000720. The van der Waals surface area contributed by atoms with Crippen LogP contribution in [-0.4, -0.2) is 10.2 Å². The minimum atomic E-state index is 0. The van der Waals surface area contributed by atoms with E-state index in [9.17, 15) is 0 Å². The smallest absolute Gasteiger partial charge is 0.0992 e. The van der Waals surface area contributed by atoms with Gasteiger partial charge in [0.15, 0.2) is 0 Å². The van der Waals surface area contributed by atoms with Crippen molar-refractivity contribution < 1.29 is 0 Å². The molecule has 0 bridgehead atoms. The van der Waals surface area contributed by atoms with Crippen molar-refractivity contribution >= 4 is 23.3 Å². The molecule has 4 heteroatoms. The molecule has 0 aliphatic rings. The SMILES string of the molecule is Cl.N#Cc1ccc2cn[nH]c2c1. The maximum absolute atomic E-state index is 8.55. The maximum Gasteiger partial charge on any atom is 0.0992 e. The fourth-order valence-electron chi connectivity index (χ4n) is 1.01. The first-order valence-corrected chi connectivity index (χ1v) is 3.23. The first-order chi connectivity index (χ1) is 5.40. The summed E-state index contributed by atoms with van der Waals surface area (Å²) in [6.07, 6.45) is 1.73. The monoisotopic (exact) mass is 179 g/mol. The van der Waals surface area contributed by atoms with Gasteiger partial charge in [-0.05, 0) is 18.2 Å². The average Bonchev–Trinajstić information content (AvgIpc) is 2.50. The lowest BCUT2D eigenvalue weighted by molar-refractivity contribution is 1.12. The van der Waals surface area contributed by atoms with Crippen molar-refractivity contribution in [3.8, 4) is 6.07 Å². The summed E-state index contributed by atoms with van der Waals surface area (Å²) in [5, 5.41) is 16.2. The molecule has 0 fully saturated rings. The van der Waals surface area contributed by atoms with E-state index < -0.39 is 0 Å². The molecule has 12 heavy (non-hydrogen) atoms. The van der Waals surface area contributed by atoms with Crippen molar-refractivity contribution in [1.82, 2.24) is 10.2 Å². The van der Waals surface area contributed by atoms with E-state index in [0.717, 1.165) is 10.9 Å². The number of nitrogens with one attached hydrogen (secondary N) is 1. The van der Waals surface area contributed by atoms with Gasteiger partial charge in [0.25, 0.3) is 0 Å². The Morgan fingerprint density at radius 3 is 3.00 bits per heavy atom. The molecule has 2 rings (SSSR count). The number of hydrogen-bond acceptors (Lipinski definition) is 2. The van der Waals surface area contributed by atoms with Crippen LogP contribution < -0.4 is 0 Å². The number of benzene rings is 1. The van der Waals surface area contributed by atoms with E-state index >= 15 is 0 Å². The number of rotatable bonds is 0. The van der Waals surface area contributed by atoms with E-state index in [0.29, 0.717) is 5.56 Å². The molecule has 0 aliphatic carbocycles. The highest BCUT2D eigenvalue weighted by molar-refractivity contribution is 5.85. The lowest BCUT2D eigenvalue weighted by Crippen LogP contribution is -1.72. The lowest BCUT2D eigenvalue weighted by Gasteiger charge is -1.87. The van der Waals surface area contributed by atoms with E-state index in [2.05, 4.69) is 16.3 Å². The summed E-state index contributed by atoms with van der Waals surface area (Å²) < 4.78 is 0. The molecule has 0 saturated carbocycles. The van der Waals surface area contributed by atoms with E-state index in [1.807, 2.05) is 6.07 Å².